The van der Waals surface area contributed by atoms with Gasteiger partial charge in [-0.3, -0.25) is 9.59 Å². The maximum absolute atomic E-state index is 13.2. The molecule has 1 aliphatic heterocycles. The summed E-state index contributed by atoms with van der Waals surface area (Å²) in [5, 5.41) is 13.4. The zero-order valence-electron chi connectivity index (χ0n) is 15.3. The van der Waals surface area contributed by atoms with Crippen LogP contribution in [0.3, 0.4) is 0 Å². The lowest BCUT2D eigenvalue weighted by atomic mass is 9.85. The summed E-state index contributed by atoms with van der Waals surface area (Å²) in [5.74, 6) is -0.880. The molecule has 0 aliphatic carbocycles. The molecule has 1 amide bonds. The van der Waals surface area contributed by atoms with E-state index in [9.17, 15) is 14.7 Å². The first-order chi connectivity index (χ1) is 13.5. The number of rotatable bonds is 4. The highest BCUT2D eigenvalue weighted by Crippen LogP contribution is 2.50. The van der Waals surface area contributed by atoms with Crippen LogP contribution in [0.15, 0.2) is 83.8 Å². The van der Waals surface area contributed by atoms with Crippen LogP contribution >= 0.6 is 11.8 Å². The Morgan fingerprint density at radius 2 is 1.61 bits per heavy atom. The van der Waals surface area contributed by atoms with E-state index in [1.54, 1.807) is 54.6 Å². The number of carbonyl (C=O) groups excluding carboxylic acids is 2. The van der Waals surface area contributed by atoms with Gasteiger partial charge in [-0.15, -0.1) is 11.8 Å². The third-order valence-corrected chi connectivity index (χ3v) is 6.25. The summed E-state index contributed by atoms with van der Waals surface area (Å²) in [6, 6.07) is 23.3. The van der Waals surface area contributed by atoms with E-state index in [0.717, 1.165) is 10.5 Å². The SMILES string of the molecule is Cc1ccc2c(c1)[C@@](O)(C(=O)Nc1ccccc1)[C@H](C(=O)c1ccccc1)S2. The summed E-state index contributed by atoms with van der Waals surface area (Å²) in [7, 11) is 0. The van der Waals surface area contributed by atoms with E-state index in [4.69, 9.17) is 0 Å². The predicted molar refractivity (Wildman–Crippen MR) is 111 cm³/mol. The standard InChI is InChI=1S/C23H19NO3S/c1-15-12-13-19-18(14-15)23(27,22(26)24-17-10-6-3-7-11-17)21(28-19)20(25)16-8-4-2-5-9-16/h2-14,21,27H,1H3,(H,24,26)/t21-,23-/m0/s1. The quantitative estimate of drug-likeness (QED) is 0.657. The van der Waals surface area contributed by atoms with E-state index in [2.05, 4.69) is 5.32 Å². The number of nitrogens with one attached hydrogen (secondary N) is 1. The van der Waals surface area contributed by atoms with E-state index in [1.807, 2.05) is 31.2 Å². The largest absolute Gasteiger partial charge is 0.374 e. The van der Waals surface area contributed by atoms with Crippen molar-refractivity contribution in [1.29, 1.82) is 0 Å². The maximum Gasteiger partial charge on any atom is 0.262 e. The van der Waals surface area contributed by atoms with E-state index < -0.39 is 16.8 Å². The van der Waals surface area contributed by atoms with Crippen LogP contribution in [-0.4, -0.2) is 22.0 Å². The first-order valence-electron chi connectivity index (χ1n) is 8.96. The molecule has 3 aromatic carbocycles. The zero-order chi connectivity index (χ0) is 19.7. The topological polar surface area (TPSA) is 66.4 Å². The van der Waals surface area contributed by atoms with Crippen LogP contribution in [0.2, 0.25) is 0 Å². The molecule has 2 N–H and O–H groups in total. The monoisotopic (exact) mass is 389 g/mol. The highest BCUT2D eigenvalue weighted by Gasteiger charge is 2.55. The van der Waals surface area contributed by atoms with Gasteiger partial charge < -0.3 is 10.4 Å². The third-order valence-electron chi connectivity index (χ3n) is 4.84. The number of hydrogen-bond donors (Lipinski definition) is 2. The number of anilines is 1. The molecular weight excluding hydrogens is 370 g/mol. The Morgan fingerprint density at radius 3 is 2.29 bits per heavy atom. The fourth-order valence-corrected chi connectivity index (χ4v) is 4.77. The zero-order valence-corrected chi connectivity index (χ0v) is 16.1. The number of aliphatic hydroxyl groups is 1. The summed E-state index contributed by atoms with van der Waals surface area (Å²) < 4.78 is 0. The van der Waals surface area contributed by atoms with Gasteiger partial charge in [0.2, 0.25) is 0 Å². The molecule has 0 aromatic heterocycles. The number of fused-ring (bicyclic) bond motifs is 1. The summed E-state index contributed by atoms with van der Waals surface area (Å²) in [4.78, 5) is 27.2. The minimum atomic E-state index is -1.96. The molecule has 0 bridgehead atoms. The number of thioether (sulfide) groups is 1. The first kappa shape index (κ1) is 18.5. The third kappa shape index (κ3) is 3.13. The van der Waals surface area contributed by atoms with E-state index in [0.29, 0.717) is 16.8 Å². The van der Waals surface area contributed by atoms with Crippen molar-refractivity contribution in [2.75, 3.05) is 5.32 Å². The minimum absolute atomic E-state index is 0.273. The lowest BCUT2D eigenvalue weighted by Gasteiger charge is -2.28. The van der Waals surface area contributed by atoms with Gasteiger partial charge in [0.05, 0.1) is 0 Å². The molecule has 3 aromatic rings. The molecule has 28 heavy (non-hydrogen) atoms. The van der Waals surface area contributed by atoms with Crippen molar-refractivity contribution in [1.82, 2.24) is 0 Å². The summed E-state index contributed by atoms with van der Waals surface area (Å²) in [5.41, 5.74) is 0.459. The second kappa shape index (κ2) is 7.26. The van der Waals surface area contributed by atoms with E-state index >= 15 is 0 Å². The number of Topliss-reactive ketones (excluding diaryl/α,β-unsaturated/α-hetero) is 1. The van der Waals surface area contributed by atoms with Crippen molar-refractivity contribution in [2.24, 2.45) is 0 Å². The summed E-state index contributed by atoms with van der Waals surface area (Å²) in [6.45, 7) is 1.90. The molecule has 0 saturated carbocycles. The van der Waals surface area contributed by atoms with Crippen LogP contribution in [-0.2, 0) is 10.4 Å². The molecule has 4 rings (SSSR count). The highest BCUT2D eigenvalue weighted by atomic mass is 32.2. The second-order valence-electron chi connectivity index (χ2n) is 6.81. The van der Waals surface area contributed by atoms with Gasteiger partial charge in [-0.1, -0.05) is 66.2 Å². The van der Waals surface area contributed by atoms with Crippen LogP contribution in [0, 0.1) is 6.92 Å². The number of hydrogen-bond acceptors (Lipinski definition) is 4. The van der Waals surface area contributed by atoms with Crippen molar-refractivity contribution in [3.8, 4) is 0 Å². The van der Waals surface area contributed by atoms with Crippen LogP contribution in [0.25, 0.3) is 0 Å². The van der Waals surface area contributed by atoms with Crippen LogP contribution in [0.1, 0.15) is 21.5 Å². The van der Waals surface area contributed by atoms with Crippen molar-refractivity contribution in [2.45, 2.75) is 22.7 Å². The normalized spacial score (nSPS) is 20.4. The molecule has 0 unspecified atom stereocenters. The Kier molecular flexibility index (Phi) is 4.79. The minimum Gasteiger partial charge on any atom is -0.374 e. The fourth-order valence-electron chi connectivity index (χ4n) is 3.38. The lowest BCUT2D eigenvalue weighted by Crippen LogP contribution is -2.49. The molecule has 0 fully saturated rings. The van der Waals surface area contributed by atoms with Crippen LogP contribution in [0.5, 0.6) is 0 Å². The molecule has 0 radical (unpaired) electrons. The number of carbonyl (C=O) groups is 2. The van der Waals surface area contributed by atoms with Gasteiger partial charge in [0.1, 0.15) is 5.25 Å². The molecule has 0 spiro atoms. The Hall–Kier alpha value is -2.89. The van der Waals surface area contributed by atoms with Gasteiger partial charge in [0.25, 0.3) is 5.91 Å². The molecule has 1 heterocycles. The molecule has 0 saturated heterocycles. The highest BCUT2D eigenvalue weighted by molar-refractivity contribution is 8.01. The fraction of sp³-hybridized carbons (Fsp3) is 0.130. The van der Waals surface area contributed by atoms with Gasteiger partial charge in [-0.05, 0) is 25.1 Å². The van der Waals surface area contributed by atoms with E-state index in [1.165, 1.54) is 11.8 Å². The molecule has 5 heteroatoms. The molecule has 4 nitrogen and oxygen atoms in total. The summed E-state index contributed by atoms with van der Waals surface area (Å²) in [6.07, 6.45) is 0. The number of para-hydroxylation sites is 1. The predicted octanol–water partition coefficient (Wildman–Crippen LogP) is 4.18. The molecule has 1 aliphatic rings. The average Bonchev–Trinajstić information content (AvgIpc) is 3.02. The van der Waals surface area contributed by atoms with Crippen molar-refractivity contribution in [3.05, 3.63) is 95.6 Å². The Morgan fingerprint density at radius 1 is 0.964 bits per heavy atom. The average molecular weight is 389 g/mol. The van der Waals surface area contributed by atoms with Gasteiger partial charge in [0.15, 0.2) is 11.4 Å². The second-order valence-corrected chi connectivity index (χ2v) is 7.96. The lowest BCUT2D eigenvalue weighted by molar-refractivity contribution is -0.134. The van der Waals surface area contributed by atoms with Crippen molar-refractivity contribution < 1.29 is 14.7 Å². The molecule has 140 valence electrons. The van der Waals surface area contributed by atoms with Crippen molar-refractivity contribution in [3.63, 3.8) is 0 Å². The van der Waals surface area contributed by atoms with E-state index in [-0.39, 0.29) is 5.78 Å². The van der Waals surface area contributed by atoms with Crippen LogP contribution in [0.4, 0.5) is 5.69 Å². The molecule has 2 atom stereocenters. The van der Waals surface area contributed by atoms with Crippen LogP contribution < -0.4 is 5.32 Å². The van der Waals surface area contributed by atoms with Gasteiger partial charge in [-0.25, -0.2) is 0 Å². The van der Waals surface area contributed by atoms with Gasteiger partial charge >= 0.3 is 0 Å². The number of benzene rings is 3. The van der Waals surface area contributed by atoms with Gasteiger partial charge in [0, 0.05) is 21.7 Å². The summed E-state index contributed by atoms with van der Waals surface area (Å²) >= 11 is 1.23. The first-order valence-corrected chi connectivity index (χ1v) is 9.84. The van der Waals surface area contributed by atoms with Crippen molar-refractivity contribution >= 4 is 29.1 Å². The Bertz CT molecular complexity index is 1040. The Labute approximate surface area is 167 Å². The molecular formula is C23H19NO3S. The number of amides is 1. The maximum atomic E-state index is 13.2. The number of ketones is 1. The Balaban J connectivity index is 1.78. The van der Waals surface area contributed by atoms with Gasteiger partial charge in [-0.2, -0.15) is 0 Å². The smallest absolute Gasteiger partial charge is 0.262 e. The number of aryl methyl sites for hydroxylation is 1.